The largest absolute Gasteiger partial charge is 0.126 e. The van der Waals surface area contributed by atoms with Gasteiger partial charge in [0.05, 0.1) is 0 Å². The van der Waals surface area contributed by atoms with Gasteiger partial charge in [0.1, 0.15) is 0 Å². The number of halogens is 2. The Balaban J connectivity index is 2.83. The molecule has 0 aliphatic rings. The van der Waals surface area contributed by atoms with Crippen LogP contribution in [0, 0.1) is 11.8 Å². The SMILES string of the molecule is CCCCC(CC)CSc1cc(CBr)c(SCC(CC)CCCC)cc1CBr. The fraction of sp³-hybridized carbons (Fsp3) is 0.750. The van der Waals surface area contributed by atoms with Crippen LogP contribution in [0.4, 0.5) is 0 Å². The Morgan fingerprint density at radius 2 is 1.11 bits per heavy atom. The molecule has 0 spiro atoms. The Kier molecular flexibility index (Phi) is 15.9. The number of rotatable bonds is 16. The van der Waals surface area contributed by atoms with Crippen LogP contribution in [0.2, 0.25) is 0 Å². The first-order chi connectivity index (χ1) is 13.6. The van der Waals surface area contributed by atoms with Crippen molar-refractivity contribution in [2.45, 2.75) is 99.5 Å². The van der Waals surface area contributed by atoms with E-state index in [2.05, 4.69) is 95.2 Å². The van der Waals surface area contributed by atoms with Crippen molar-refractivity contribution < 1.29 is 0 Å². The molecule has 0 amide bonds. The first-order valence-corrected chi connectivity index (χ1v) is 15.4. The molecule has 0 bridgehead atoms. The second-order valence-corrected chi connectivity index (χ2v) is 11.0. The van der Waals surface area contributed by atoms with Crippen molar-refractivity contribution in [3.8, 4) is 0 Å². The predicted molar refractivity (Wildman–Crippen MR) is 140 cm³/mol. The molecule has 0 nitrogen and oxygen atoms in total. The average Bonchev–Trinajstić information content (AvgIpc) is 2.73. The second kappa shape index (κ2) is 16.6. The summed E-state index contributed by atoms with van der Waals surface area (Å²) in [6.07, 6.45) is 10.7. The molecular weight excluding hydrogens is 512 g/mol. The van der Waals surface area contributed by atoms with E-state index in [1.165, 1.54) is 83.8 Å². The van der Waals surface area contributed by atoms with Gasteiger partial charge in [-0.15, -0.1) is 23.5 Å². The fourth-order valence-electron chi connectivity index (χ4n) is 3.33. The summed E-state index contributed by atoms with van der Waals surface area (Å²) in [7, 11) is 0. The highest BCUT2D eigenvalue weighted by Crippen LogP contribution is 2.36. The maximum absolute atomic E-state index is 3.75. The predicted octanol–water partition coefficient (Wildman–Crippen LogP) is 10.1. The van der Waals surface area contributed by atoms with E-state index in [9.17, 15) is 0 Å². The lowest BCUT2D eigenvalue weighted by Gasteiger charge is -2.19. The van der Waals surface area contributed by atoms with Crippen LogP contribution in [-0.4, -0.2) is 11.5 Å². The summed E-state index contributed by atoms with van der Waals surface area (Å²) in [5.41, 5.74) is 2.92. The number of hydrogen-bond donors (Lipinski definition) is 0. The summed E-state index contributed by atoms with van der Waals surface area (Å²) in [5.74, 6) is 4.19. The van der Waals surface area contributed by atoms with Crippen LogP contribution in [0.15, 0.2) is 21.9 Å². The molecule has 0 aliphatic carbocycles. The van der Waals surface area contributed by atoms with Crippen molar-refractivity contribution in [3.05, 3.63) is 23.3 Å². The number of hydrogen-bond acceptors (Lipinski definition) is 2. The summed E-state index contributed by atoms with van der Waals surface area (Å²) in [6.45, 7) is 9.29. The van der Waals surface area contributed by atoms with Gasteiger partial charge >= 0.3 is 0 Å². The molecule has 162 valence electrons. The Labute approximate surface area is 200 Å². The molecule has 0 saturated heterocycles. The van der Waals surface area contributed by atoms with Crippen LogP contribution in [-0.2, 0) is 10.7 Å². The molecular formula is C24H40Br2S2. The zero-order valence-electron chi connectivity index (χ0n) is 18.4. The van der Waals surface area contributed by atoms with Gasteiger partial charge in [-0.1, -0.05) is 98.1 Å². The van der Waals surface area contributed by atoms with E-state index in [0.717, 1.165) is 22.5 Å². The normalized spacial score (nSPS) is 13.6. The highest BCUT2D eigenvalue weighted by atomic mass is 79.9. The summed E-state index contributed by atoms with van der Waals surface area (Å²) in [5, 5.41) is 1.90. The summed E-state index contributed by atoms with van der Waals surface area (Å²) in [4.78, 5) is 2.95. The van der Waals surface area contributed by atoms with E-state index < -0.39 is 0 Å². The standard InChI is InChI=1S/C24H40Br2S2/c1-5-9-11-19(7-3)17-27-23-13-22(16-26)24(14-21(23)15-25)28-18-20(8-4)12-10-6-2/h13-14,19-20H,5-12,15-18H2,1-4H3. The zero-order valence-corrected chi connectivity index (χ0v) is 23.2. The molecule has 0 fully saturated rings. The van der Waals surface area contributed by atoms with Crippen LogP contribution >= 0.6 is 55.4 Å². The summed E-state index contributed by atoms with van der Waals surface area (Å²) < 4.78 is 0. The van der Waals surface area contributed by atoms with Crippen LogP contribution in [0.25, 0.3) is 0 Å². The van der Waals surface area contributed by atoms with E-state index in [0.29, 0.717) is 0 Å². The molecule has 0 radical (unpaired) electrons. The lowest BCUT2D eigenvalue weighted by atomic mass is 10.0. The maximum Gasteiger partial charge on any atom is 0.0294 e. The van der Waals surface area contributed by atoms with Gasteiger partial charge < -0.3 is 0 Å². The molecule has 0 N–H and O–H groups in total. The molecule has 28 heavy (non-hydrogen) atoms. The van der Waals surface area contributed by atoms with Gasteiger partial charge in [0.25, 0.3) is 0 Å². The van der Waals surface area contributed by atoms with Crippen molar-refractivity contribution >= 4 is 55.4 Å². The summed E-state index contributed by atoms with van der Waals surface area (Å²) in [6, 6.07) is 4.91. The van der Waals surface area contributed by atoms with Crippen molar-refractivity contribution in [1.82, 2.24) is 0 Å². The van der Waals surface area contributed by atoms with Gasteiger partial charge in [-0.25, -0.2) is 0 Å². The molecule has 4 heteroatoms. The minimum Gasteiger partial charge on any atom is -0.126 e. The first kappa shape index (κ1) is 26.9. The number of benzene rings is 1. The monoisotopic (exact) mass is 550 g/mol. The summed E-state index contributed by atoms with van der Waals surface area (Å²) >= 11 is 11.6. The molecule has 1 aromatic rings. The van der Waals surface area contributed by atoms with Crippen molar-refractivity contribution in [3.63, 3.8) is 0 Å². The van der Waals surface area contributed by atoms with Crippen LogP contribution in [0.3, 0.4) is 0 Å². The molecule has 0 saturated carbocycles. The number of thioether (sulfide) groups is 2. The maximum atomic E-state index is 3.75. The molecule has 1 rings (SSSR count). The smallest absolute Gasteiger partial charge is 0.0294 e. The highest BCUT2D eigenvalue weighted by Gasteiger charge is 2.14. The highest BCUT2D eigenvalue weighted by molar-refractivity contribution is 9.08. The topological polar surface area (TPSA) is 0 Å². The lowest BCUT2D eigenvalue weighted by Crippen LogP contribution is -2.04. The van der Waals surface area contributed by atoms with Gasteiger partial charge in [0.2, 0.25) is 0 Å². The third kappa shape index (κ3) is 9.79. The Morgan fingerprint density at radius 3 is 1.39 bits per heavy atom. The van der Waals surface area contributed by atoms with Crippen molar-refractivity contribution in [2.24, 2.45) is 11.8 Å². The van der Waals surface area contributed by atoms with Crippen LogP contribution in [0.5, 0.6) is 0 Å². The van der Waals surface area contributed by atoms with Crippen LogP contribution < -0.4 is 0 Å². The van der Waals surface area contributed by atoms with Gasteiger partial charge in [-0.05, 0) is 47.9 Å². The quantitative estimate of drug-likeness (QED) is 0.148. The van der Waals surface area contributed by atoms with E-state index >= 15 is 0 Å². The molecule has 0 heterocycles. The van der Waals surface area contributed by atoms with E-state index in [4.69, 9.17) is 0 Å². The third-order valence-electron chi connectivity index (χ3n) is 5.57. The third-order valence-corrected chi connectivity index (χ3v) is 9.43. The van der Waals surface area contributed by atoms with Gasteiger partial charge in [0, 0.05) is 32.0 Å². The zero-order chi connectivity index (χ0) is 20.8. The first-order valence-electron chi connectivity index (χ1n) is 11.2. The Bertz CT molecular complexity index is 486. The minimum absolute atomic E-state index is 0.846. The van der Waals surface area contributed by atoms with E-state index in [1.807, 2.05) is 0 Å². The Morgan fingerprint density at radius 1 is 0.714 bits per heavy atom. The van der Waals surface area contributed by atoms with Gasteiger partial charge in [-0.3, -0.25) is 0 Å². The Hall–Kier alpha value is 0.880. The molecule has 0 aromatic heterocycles. The molecule has 2 atom stereocenters. The lowest BCUT2D eigenvalue weighted by molar-refractivity contribution is 0.499. The molecule has 1 aromatic carbocycles. The van der Waals surface area contributed by atoms with Crippen LogP contribution in [0.1, 0.15) is 90.2 Å². The van der Waals surface area contributed by atoms with E-state index in [-0.39, 0.29) is 0 Å². The van der Waals surface area contributed by atoms with E-state index in [1.54, 1.807) is 0 Å². The van der Waals surface area contributed by atoms with Gasteiger partial charge in [0.15, 0.2) is 0 Å². The fourth-order valence-corrected chi connectivity index (χ4v) is 7.35. The molecule has 0 aliphatic heterocycles. The second-order valence-electron chi connectivity index (χ2n) is 7.79. The van der Waals surface area contributed by atoms with Gasteiger partial charge in [-0.2, -0.15) is 0 Å². The van der Waals surface area contributed by atoms with Crippen molar-refractivity contribution in [2.75, 3.05) is 11.5 Å². The molecule has 2 unspecified atom stereocenters. The van der Waals surface area contributed by atoms with Crippen molar-refractivity contribution in [1.29, 1.82) is 0 Å². The average molecular weight is 553 g/mol. The minimum atomic E-state index is 0.846. The number of alkyl halides is 2. The number of unbranched alkanes of at least 4 members (excludes halogenated alkanes) is 2.